The average Bonchev–Trinajstić information content (AvgIpc) is 2.71. The molecule has 0 heterocycles. The predicted octanol–water partition coefficient (Wildman–Crippen LogP) is 7.14. The molecule has 2 aromatic carbocycles. The first-order valence-corrected chi connectivity index (χ1v) is 10.00. The first kappa shape index (κ1) is 19.5. The molecule has 0 N–H and O–H groups in total. The topological polar surface area (TPSA) is 0 Å². The van der Waals surface area contributed by atoms with Crippen molar-refractivity contribution < 1.29 is 8.78 Å². The van der Waals surface area contributed by atoms with Gasteiger partial charge < -0.3 is 0 Å². The minimum absolute atomic E-state index is 0.370. The lowest BCUT2D eigenvalue weighted by molar-refractivity contribution is 0.135. The highest BCUT2D eigenvalue weighted by atomic mass is 19.2. The molecule has 0 radical (unpaired) electrons. The molecular weight excluding hydrogens is 338 g/mol. The number of alkyl halides is 2. The van der Waals surface area contributed by atoms with Crippen LogP contribution < -0.4 is 0 Å². The lowest BCUT2D eigenvalue weighted by atomic mass is 9.77. The normalized spacial score (nSPS) is 21.9. The molecule has 0 spiro atoms. The van der Waals surface area contributed by atoms with Crippen LogP contribution in [0.15, 0.2) is 66.8 Å². The van der Waals surface area contributed by atoms with E-state index in [0.717, 1.165) is 30.4 Å². The number of benzene rings is 2. The van der Waals surface area contributed by atoms with Crippen molar-refractivity contribution in [1.82, 2.24) is 0 Å². The van der Waals surface area contributed by atoms with Crippen LogP contribution in [0.25, 0.3) is 5.57 Å². The van der Waals surface area contributed by atoms with E-state index in [1.165, 1.54) is 24.5 Å². The van der Waals surface area contributed by atoms with Crippen LogP contribution in [0.2, 0.25) is 0 Å². The fraction of sp³-hybridized carbons (Fsp3) is 0.360. The Hall–Kier alpha value is -2.22. The molecule has 0 saturated carbocycles. The van der Waals surface area contributed by atoms with Crippen molar-refractivity contribution in [3.63, 3.8) is 0 Å². The molecule has 0 saturated heterocycles. The standard InChI is InChI=1S/C25H28F2/c1-3-5-6-8-20-11-15-21(16-12-20)23-9-7-10-24(26)25(23,27)22-17-13-19(4-2)14-18-22/h7,9-18,24H,3-6,8H2,1-2H3. The van der Waals surface area contributed by atoms with Gasteiger partial charge in [0.1, 0.15) is 0 Å². The summed E-state index contributed by atoms with van der Waals surface area (Å²) in [6, 6.07) is 15.1. The van der Waals surface area contributed by atoms with Crippen LogP contribution >= 0.6 is 0 Å². The monoisotopic (exact) mass is 366 g/mol. The van der Waals surface area contributed by atoms with Gasteiger partial charge in [0.15, 0.2) is 11.8 Å². The molecule has 2 heteroatoms. The summed E-state index contributed by atoms with van der Waals surface area (Å²) in [5.41, 5.74) is 1.70. The van der Waals surface area contributed by atoms with Gasteiger partial charge in [-0.1, -0.05) is 87.4 Å². The van der Waals surface area contributed by atoms with Gasteiger partial charge in [0, 0.05) is 5.57 Å². The summed E-state index contributed by atoms with van der Waals surface area (Å²) in [5, 5.41) is 0. The highest BCUT2D eigenvalue weighted by Crippen LogP contribution is 2.46. The van der Waals surface area contributed by atoms with Gasteiger partial charge in [-0.05, 0) is 47.6 Å². The molecule has 1 aliphatic rings. The fourth-order valence-corrected chi connectivity index (χ4v) is 3.69. The minimum Gasteiger partial charge on any atom is -0.239 e. The van der Waals surface area contributed by atoms with Crippen LogP contribution in [-0.4, -0.2) is 6.17 Å². The second kappa shape index (κ2) is 8.65. The summed E-state index contributed by atoms with van der Waals surface area (Å²) in [7, 11) is 0. The molecule has 0 fully saturated rings. The Kier molecular flexibility index (Phi) is 6.26. The van der Waals surface area contributed by atoms with E-state index < -0.39 is 11.8 Å². The molecule has 3 rings (SSSR count). The van der Waals surface area contributed by atoms with Gasteiger partial charge >= 0.3 is 0 Å². The van der Waals surface area contributed by atoms with Crippen molar-refractivity contribution >= 4 is 5.57 Å². The Bertz CT molecular complexity index is 799. The number of allylic oxidation sites excluding steroid dienone is 4. The van der Waals surface area contributed by atoms with Crippen molar-refractivity contribution in [3.8, 4) is 0 Å². The Morgan fingerprint density at radius 1 is 0.889 bits per heavy atom. The number of halogens is 2. The lowest BCUT2D eigenvalue weighted by Gasteiger charge is -2.33. The number of aryl methyl sites for hydroxylation is 2. The summed E-state index contributed by atoms with van der Waals surface area (Å²) < 4.78 is 31.0. The van der Waals surface area contributed by atoms with E-state index in [9.17, 15) is 4.39 Å². The summed E-state index contributed by atoms with van der Waals surface area (Å²) in [6.45, 7) is 4.24. The van der Waals surface area contributed by atoms with Crippen molar-refractivity contribution in [1.29, 1.82) is 0 Å². The molecule has 0 aromatic heterocycles. The molecule has 2 unspecified atom stereocenters. The quantitative estimate of drug-likeness (QED) is 0.457. The molecule has 2 atom stereocenters. The van der Waals surface area contributed by atoms with Crippen molar-refractivity contribution in [2.24, 2.45) is 0 Å². The average molecular weight is 366 g/mol. The van der Waals surface area contributed by atoms with Gasteiger partial charge in [-0.3, -0.25) is 0 Å². The van der Waals surface area contributed by atoms with Gasteiger partial charge in [-0.25, -0.2) is 8.78 Å². The Morgan fingerprint density at radius 3 is 2.19 bits per heavy atom. The third-order valence-electron chi connectivity index (χ3n) is 5.43. The molecule has 142 valence electrons. The predicted molar refractivity (Wildman–Crippen MR) is 110 cm³/mol. The minimum atomic E-state index is -2.16. The fourth-order valence-electron chi connectivity index (χ4n) is 3.69. The van der Waals surface area contributed by atoms with Gasteiger partial charge in [0.05, 0.1) is 0 Å². The van der Waals surface area contributed by atoms with Crippen molar-refractivity contribution in [2.75, 3.05) is 0 Å². The van der Waals surface area contributed by atoms with Gasteiger partial charge in [-0.15, -0.1) is 0 Å². The molecule has 0 aliphatic heterocycles. The number of hydrogen-bond acceptors (Lipinski definition) is 0. The maximum atomic E-state index is 16.1. The largest absolute Gasteiger partial charge is 0.239 e. The van der Waals surface area contributed by atoms with E-state index >= 15 is 4.39 Å². The van der Waals surface area contributed by atoms with E-state index in [4.69, 9.17) is 0 Å². The summed E-state index contributed by atoms with van der Waals surface area (Å²) in [6.07, 6.45) is 8.39. The zero-order valence-corrected chi connectivity index (χ0v) is 16.2. The highest BCUT2D eigenvalue weighted by Gasteiger charge is 2.45. The smallest absolute Gasteiger partial charge is 0.196 e. The maximum absolute atomic E-state index is 16.1. The van der Waals surface area contributed by atoms with E-state index in [1.54, 1.807) is 24.3 Å². The van der Waals surface area contributed by atoms with Gasteiger partial charge in [0.2, 0.25) is 0 Å². The number of unbranched alkanes of at least 4 members (excludes halogenated alkanes) is 2. The Labute approximate surface area is 161 Å². The van der Waals surface area contributed by atoms with E-state index in [0.29, 0.717) is 11.1 Å². The molecule has 0 nitrogen and oxygen atoms in total. The van der Waals surface area contributed by atoms with Crippen molar-refractivity contribution in [3.05, 3.63) is 89.0 Å². The molecule has 1 aliphatic carbocycles. The maximum Gasteiger partial charge on any atom is 0.196 e. The van der Waals surface area contributed by atoms with Crippen LogP contribution in [0.4, 0.5) is 8.78 Å². The third kappa shape index (κ3) is 4.05. The Morgan fingerprint density at radius 2 is 1.56 bits per heavy atom. The molecule has 0 amide bonds. The molecule has 0 bridgehead atoms. The Balaban J connectivity index is 1.91. The summed E-state index contributed by atoms with van der Waals surface area (Å²) in [4.78, 5) is 0. The van der Waals surface area contributed by atoms with Crippen LogP contribution in [0.5, 0.6) is 0 Å². The SMILES string of the molecule is CCCCCc1ccc(C2=CC=CC(F)C2(F)c2ccc(CC)cc2)cc1. The van der Waals surface area contributed by atoms with Crippen LogP contribution in [0.1, 0.15) is 55.4 Å². The van der Waals surface area contributed by atoms with Crippen LogP contribution in [0.3, 0.4) is 0 Å². The summed E-state index contributed by atoms with van der Waals surface area (Å²) in [5.74, 6) is 0. The zero-order chi connectivity index (χ0) is 19.3. The lowest BCUT2D eigenvalue weighted by Crippen LogP contribution is -2.34. The molecular formula is C25H28F2. The molecule has 2 aromatic rings. The second-order valence-electron chi connectivity index (χ2n) is 7.28. The number of hydrogen-bond donors (Lipinski definition) is 0. The highest BCUT2D eigenvalue weighted by molar-refractivity contribution is 5.77. The van der Waals surface area contributed by atoms with Crippen LogP contribution in [-0.2, 0) is 18.5 Å². The second-order valence-corrected chi connectivity index (χ2v) is 7.28. The first-order chi connectivity index (χ1) is 13.1. The third-order valence-corrected chi connectivity index (χ3v) is 5.43. The first-order valence-electron chi connectivity index (χ1n) is 10.00. The van der Waals surface area contributed by atoms with E-state index in [2.05, 4.69) is 13.8 Å². The van der Waals surface area contributed by atoms with Gasteiger partial charge in [-0.2, -0.15) is 0 Å². The van der Waals surface area contributed by atoms with Crippen molar-refractivity contribution in [2.45, 2.75) is 57.8 Å². The zero-order valence-electron chi connectivity index (χ0n) is 16.2. The molecule has 27 heavy (non-hydrogen) atoms. The summed E-state index contributed by atoms with van der Waals surface area (Å²) >= 11 is 0. The van der Waals surface area contributed by atoms with E-state index in [1.807, 2.05) is 36.4 Å². The number of rotatable bonds is 7. The van der Waals surface area contributed by atoms with E-state index in [-0.39, 0.29) is 0 Å². The van der Waals surface area contributed by atoms with Crippen LogP contribution in [0, 0.1) is 0 Å². The van der Waals surface area contributed by atoms with Gasteiger partial charge in [0.25, 0.3) is 0 Å².